The topological polar surface area (TPSA) is 71.8 Å². The van der Waals surface area contributed by atoms with E-state index < -0.39 is 5.78 Å². The molecule has 0 bridgehead atoms. The Labute approximate surface area is 125 Å². The molecule has 0 fully saturated rings. The summed E-state index contributed by atoms with van der Waals surface area (Å²) in [7, 11) is 0. The van der Waals surface area contributed by atoms with Crippen molar-refractivity contribution in [2.45, 2.75) is 0 Å². The molecule has 1 aromatic heterocycles. The number of hydrazone groups is 1. The maximum atomic E-state index is 12.4. The second kappa shape index (κ2) is 5.89. The van der Waals surface area contributed by atoms with Gasteiger partial charge < -0.3 is 9.37 Å². The fourth-order valence-electron chi connectivity index (χ4n) is 1.91. The van der Waals surface area contributed by atoms with E-state index in [0.29, 0.717) is 16.7 Å². The number of nitrogens with one attached hydrogen (secondary N) is 1. The van der Waals surface area contributed by atoms with Crippen LogP contribution in [-0.4, -0.2) is 16.8 Å². The first-order valence-electron chi connectivity index (χ1n) is 6.45. The predicted molar refractivity (Wildman–Crippen MR) is 82.4 cm³/mol. The van der Waals surface area contributed by atoms with Crippen molar-refractivity contribution >= 4 is 28.3 Å². The van der Waals surface area contributed by atoms with Gasteiger partial charge >= 0.3 is 5.84 Å². The summed E-state index contributed by atoms with van der Waals surface area (Å²) in [6.07, 6.45) is 0. The van der Waals surface area contributed by atoms with Gasteiger partial charge in [-0.05, 0) is 29.4 Å². The van der Waals surface area contributed by atoms with E-state index in [1.165, 1.54) is 0 Å². The third-order valence-electron chi connectivity index (χ3n) is 2.97. The number of para-hydroxylation sites is 2. The lowest BCUT2D eigenvalue weighted by molar-refractivity contribution is 0.106. The van der Waals surface area contributed by atoms with E-state index in [1.54, 1.807) is 36.4 Å². The van der Waals surface area contributed by atoms with Crippen LogP contribution in [0, 0.1) is 6.57 Å². The van der Waals surface area contributed by atoms with Gasteiger partial charge in [0.25, 0.3) is 0 Å². The molecule has 22 heavy (non-hydrogen) atoms. The SMILES string of the molecule is [C-]#[N+]/C(=N\Nc1ccccc1)C(=O)c1noc2ccccc12. The molecule has 0 amide bonds. The van der Waals surface area contributed by atoms with Gasteiger partial charge in [0.05, 0.1) is 11.1 Å². The number of amidine groups is 1. The summed E-state index contributed by atoms with van der Waals surface area (Å²) in [6.45, 7) is 7.14. The van der Waals surface area contributed by atoms with Gasteiger partial charge in [0.15, 0.2) is 11.3 Å². The summed E-state index contributed by atoms with van der Waals surface area (Å²) in [5, 5.41) is 8.16. The van der Waals surface area contributed by atoms with Crippen LogP contribution < -0.4 is 5.43 Å². The largest absolute Gasteiger partial charge is 0.356 e. The minimum atomic E-state index is -0.580. The lowest BCUT2D eigenvalue weighted by atomic mass is 10.1. The number of benzene rings is 2. The monoisotopic (exact) mass is 290 g/mol. The number of rotatable bonds is 4. The van der Waals surface area contributed by atoms with Crippen LogP contribution >= 0.6 is 0 Å². The van der Waals surface area contributed by atoms with Crippen molar-refractivity contribution in [3.63, 3.8) is 0 Å². The van der Waals surface area contributed by atoms with Crippen LogP contribution in [0.2, 0.25) is 0 Å². The van der Waals surface area contributed by atoms with E-state index in [9.17, 15) is 4.79 Å². The van der Waals surface area contributed by atoms with Crippen molar-refractivity contribution in [3.05, 3.63) is 71.7 Å². The first-order valence-corrected chi connectivity index (χ1v) is 6.45. The predicted octanol–water partition coefficient (Wildman–Crippen LogP) is 3.36. The van der Waals surface area contributed by atoms with E-state index >= 15 is 0 Å². The van der Waals surface area contributed by atoms with Crippen molar-refractivity contribution in [2.75, 3.05) is 5.43 Å². The highest BCUT2D eigenvalue weighted by Crippen LogP contribution is 2.18. The van der Waals surface area contributed by atoms with Crippen molar-refractivity contribution < 1.29 is 9.32 Å². The maximum absolute atomic E-state index is 12.4. The summed E-state index contributed by atoms with van der Waals surface area (Å²) in [6, 6.07) is 16.0. The highest BCUT2D eigenvalue weighted by atomic mass is 16.5. The third-order valence-corrected chi connectivity index (χ3v) is 2.97. The van der Waals surface area contributed by atoms with Crippen LogP contribution in [0.4, 0.5) is 5.69 Å². The summed E-state index contributed by atoms with van der Waals surface area (Å²) in [5.41, 5.74) is 3.94. The van der Waals surface area contributed by atoms with Crippen LogP contribution in [0.25, 0.3) is 15.8 Å². The summed E-state index contributed by atoms with van der Waals surface area (Å²) < 4.78 is 5.08. The van der Waals surface area contributed by atoms with Gasteiger partial charge in [-0.25, -0.2) is 5.43 Å². The molecule has 0 spiro atoms. The number of hydrogen-bond donors (Lipinski definition) is 1. The zero-order chi connectivity index (χ0) is 15.4. The van der Waals surface area contributed by atoms with Gasteiger partial charge in [-0.3, -0.25) is 4.79 Å². The molecule has 0 aliphatic heterocycles. The molecule has 0 unspecified atom stereocenters. The molecule has 0 saturated heterocycles. The molecule has 1 N–H and O–H groups in total. The van der Waals surface area contributed by atoms with E-state index in [4.69, 9.17) is 11.1 Å². The van der Waals surface area contributed by atoms with Crippen LogP contribution in [0.15, 0.2) is 64.2 Å². The molecular weight excluding hydrogens is 280 g/mol. The van der Waals surface area contributed by atoms with Crippen LogP contribution in [0.1, 0.15) is 10.5 Å². The number of fused-ring (bicyclic) bond motifs is 1. The molecule has 2 aromatic carbocycles. The van der Waals surface area contributed by atoms with Gasteiger partial charge in [0.2, 0.25) is 5.78 Å². The zero-order valence-electron chi connectivity index (χ0n) is 11.4. The Kier molecular flexibility index (Phi) is 3.62. The summed E-state index contributed by atoms with van der Waals surface area (Å²) >= 11 is 0. The molecule has 0 radical (unpaired) electrons. The Morgan fingerprint density at radius 1 is 1.14 bits per heavy atom. The first kappa shape index (κ1) is 13.5. The molecular formula is C16H10N4O2. The van der Waals surface area contributed by atoms with Crippen molar-refractivity contribution in [1.29, 1.82) is 0 Å². The molecule has 0 saturated carbocycles. The molecule has 3 aromatic rings. The number of Topliss-reactive ketones (excluding diaryl/α,β-unsaturated/α-hetero) is 1. The van der Waals surface area contributed by atoms with Crippen LogP contribution in [0.5, 0.6) is 0 Å². The highest BCUT2D eigenvalue weighted by Gasteiger charge is 2.21. The Morgan fingerprint density at radius 2 is 1.86 bits per heavy atom. The lowest BCUT2D eigenvalue weighted by Gasteiger charge is -1.97. The van der Waals surface area contributed by atoms with Crippen molar-refractivity contribution in [1.82, 2.24) is 5.16 Å². The second-order valence-corrected chi connectivity index (χ2v) is 4.38. The third kappa shape index (κ3) is 2.55. The average Bonchev–Trinajstić information content (AvgIpc) is 3.00. The maximum Gasteiger partial charge on any atom is 0.343 e. The molecule has 106 valence electrons. The van der Waals surface area contributed by atoms with E-state index in [-0.39, 0.29) is 11.5 Å². The molecule has 3 rings (SSSR count). The first-order chi connectivity index (χ1) is 10.8. The number of anilines is 1. The van der Waals surface area contributed by atoms with Crippen molar-refractivity contribution in [2.24, 2.45) is 5.10 Å². The van der Waals surface area contributed by atoms with E-state index in [2.05, 4.69) is 20.5 Å². The molecule has 0 aliphatic rings. The zero-order valence-corrected chi connectivity index (χ0v) is 11.4. The number of carbonyl (C=O) groups is 1. The standard InChI is InChI=1S/C16H10N4O2/c1-17-16(19-18-11-7-3-2-4-8-11)15(21)14-12-9-5-6-10-13(12)22-20-14/h2-10,18H/b19-16-. The van der Waals surface area contributed by atoms with Crippen LogP contribution in [0.3, 0.4) is 0 Å². The minimum absolute atomic E-state index is 0.0835. The van der Waals surface area contributed by atoms with Gasteiger partial charge in [0, 0.05) is 0 Å². The summed E-state index contributed by atoms with van der Waals surface area (Å²) in [4.78, 5) is 15.5. The van der Waals surface area contributed by atoms with Gasteiger partial charge in [0.1, 0.15) is 0 Å². The Balaban J connectivity index is 1.90. The summed E-state index contributed by atoms with van der Waals surface area (Å²) in [5.74, 6) is -0.883. The highest BCUT2D eigenvalue weighted by molar-refractivity contribution is 6.49. The quantitative estimate of drug-likeness (QED) is 0.263. The molecule has 1 heterocycles. The number of ketones is 1. The normalized spacial score (nSPS) is 11.1. The molecule has 6 nitrogen and oxygen atoms in total. The van der Waals surface area contributed by atoms with Crippen molar-refractivity contribution in [3.8, 4) is 0 Å². The Hall–Kier alpha value is -3.46. The van der Waals surface area contributed by atoms with Gasteiger partial charge in [-0.15, -0.1) is 0 Å². The number of carbonyl (C=O) groups excluding carboxylic acids is 1. The van der Waals surface area contributed by atoms with E-state index in [0.717, 1.165) is 0 Å². The minimum Gasteiger partial charge on any atom is -0.356 e. The fourth-order valence-corrected chi connectivity index (χ4v) is 1.91. The number of aromatic nitrogens is 1. The second-order valence-electron chi connectivity index (χ2n) is 4.38. The number of hydrogen-bond acceptors (Lipinski definition) is 5. The molecule has 0 aliphatic carbocycles. The Bertz CT molecular complexity index is 891. The Morgan fingerprint density at radius 3 is 2.64 bits per heavy atom. The molecule has 6 heteroatoms. The average molecular weight is 290 g/mol. The van der Waals surface area contributed by atoms with Gasteiger partial charge in [-0.2, -0.15) is 0 Å². The van der Waals surface area contributed by atoms with Crippen LogP contribution in [-0.2, 0) is 0 Å². The smallest absolute Gasteiger partial charge is 0.343 e. The molecule has 0 atom stereocenters. The lowest BCUT2D eigenvalue weighted by Crippen LogP contribution is -2.13. The van der Waals surface area contributed by atoms with Gasteiger partial charge in [-0.1, -0.05) is 42.1 Å². The van der Waals surface area contributed by atoms with E-state index in [1.807, 2.05) is 18.2 Å². The fraction of sp³-hybridized carbons (Fsp3) is 0. The number of nitrogens with zero attached hydrogens (tertiary/aromatic N) is 3.